The molecule has 1 heterocycles. The average Bonchev–Trinajstić information content (AvgIpc) is 2.43. The third kappa shape index (κ3) is 1.11. The number of aromatic amines is 2. The monoisotopic (exact) mass is 164 g/mol. The van der Waals surface area contributed by atoms with Crippen LogP contribution in [-0.4, -0.2) is 9.97 Å². The minimum Gasteiger partial charge on any atom is -0.306 e. The van der Waals surface area contributed by atoms with Gasteiger partial charge in [-0.15, -0.1) is 0 Å². The highest BCUT2D eigenvalue weighted by atomic mass is 16.1. The van der Waals surface area contributed by atoms with Crippen molar-refractivity contribution in [1.29, 1.82) is 0 Å². The second-order valence-corrected chi connectivity index (χ2v) is 3.18. The van der Waals surface area contributed by atoms with E-state index in [0.29, 0.717) is 5.92 Å². The number of fused-ring (bicyclic) bond motifs is 1. The molecule has 64 valence electrons. The van der Waals surface area contributed by atoms with E-state index in [1.807, 2.05) is 0 Å². The van der Waals surface area contributed by atoms with Crippen LogP contribution in [0.25, 0.3) is 12.2 Å². The number of hydrogen-bond acceptors (Lipinski definition) is 1. The summed E-state index contributed by atoms with van der Waals surface area (Å²) >= 11 is 0. The Bertz CT molecular complexity index is 438. The zero-order valence-electron chi connectivity index (χ0n) is 7.05. The third-order valence-electron chi connectivity index (χ3n) is 2.34. The molecule has 1 aromatic heterocycles. The van der Waals surface area contributed by atoms with Gasteiger partial charge in [0.05, 0.1) is 10.7 Å². The van der Waals surface area contributed by atoms with Crippen molar-refractivity contribution in [3.05, 3.63) is 21.2 Å². The molecule has 3 heteroatoms. The number of aromatic nitrogens is 2. The maximum absolute atomic E-state index is 10.9. The lowest BCUT2D eigenvalue weighted by Gasteiger charge is -2.07. The molecular formula is C9H12N2O. The van der Waals surface area contributed by atoms with E-state index in [4.69, 9.17) is 0 Å². The fraction of sp³-hybridized carbons (Fsp3) is 0.444. The Balaban J connectivity index is 2.62. The van der Waals surface area contributed by atoms with Crippen LogP contribution in [-0.2, 0) is 0 Å². The topological polar surface area (TPSA) is 48.6 Å². The maximum atomic E-state index is 10.9. The molecule has 0 amide bonds. The van der Waals surface area contributed by atoms with Crippen LogP contribution in [0.5, 0.6) is 0 Å². The van der Waals surface area contributed by atoms with E-state index in [1.54, 1.807) is 0 Å². The molecule has 1 atom stereocenters. The van der Waals surface area contributed by atoms with Crippen molar-refractivity contribution < 1.29 is 0 Å². The van der Waals surface area contributed by atoms with Gasteiger partial charge in [-0.05, 0) is 18.8 Å². The second kappa shape index (κ2) is 2.66. The summed E-state index contributed by atoms with van der Waals surface area (Å²) in [4.78, 5) is 16.4. The van der Waals surface area contributed by atoms with Gasteiger partial charge >= 0.3 is 5.69 Å². The molecule has 2 N–H and O–H groups in total. The number of nitrogens with one attached hydrogen (secondary N) is 2. The Morgan fingerprint density at radius 3 is 3.00 bits per heavy atom. The molecule has 1 unspecified atom stereocenters. The summed E-state index contributed by atoms with van der Waals surface area (Å²) in [6, 6.07) is 0. The van der Waals surface area contributed by atoms with Crippen LogP contribution in [0.15, 0.2) is 4.79 Å². The van der Waals surface area contributed by atoms with Crippen LogP contribution in [0.4, 0.5) is 0 Å². The van der Waals surface area contributed by atoms with Crippen LogP contribution in [0.2, 0.25) is 0 Å². The smallest absolute Gasteiger partial charge is 0.306 e. The first kappa shape index (κ1) is 7.40. The van der Waals surface area contributed by atoms with Gasteiger partial charge in [0.25, 0.3) is 0 Å². The van der Waals surface area contributed by atoms with Crippen molar-refractivity contribution in [2.45, 2.75) is 19.8 Å². The molecule has 0 spiro atoms. The van der Waals surface area contributed by atoms with Gasteiger partial charge in [-0.2, -0.15) is 0 Å². The predicted molar refractivity (Wildman–Crippen MR) is 48.0 cm³/mol. The minimum atomic E-state index is -0.107. The lowest BCUT2D eigenvalue weighted by molar-refractivity contribution is 0.679. The minimum absolute atomic E-state index is 0.107. The third-order valence-corrected chi connectivity index (χ3v) is 2.34. The van der Waals surface area contributed by atoms with Crippen LogP contribution >= 0.6 is 0 Å². The Morgan fingerprint density at radius 2 is 2.25 bits per heavy atom. The normalized spacial score (nSPS) is 20.9. The molecular weight excluding hydrogens is 152 g/mol. The Morgan fingerprint density at radius 1 is 1.50 bits per heavy atom. The Labute approximate surface area is 69.8 Å². The zero-order chi connectivity index (χ0) is 8.55. The molecule has 1 aliphatic carbocycles. The number of hydrogen-bond donors (Lipinski definition) is 2. The van der Waals surface area contributed by atoms with Crippen molar-refractivity contribution in [2.24, 2.45) is 5.92 Å². The first-order valence-corrected chi connectivity index (χ1v) is 4.30. The fourth-order valence-corrected chi connectivity index (χ4v) is 1.56. The van der Waals surface area contributed by atoms with E-state index in [2.05, 4.69) is 29.0 Å². The van der Waals surface area contributed by atoms with Gasteiger partial charge in [0.2, 0.25) is 0 Å². The summed E-state index contributed by atoms with van der Waals surface area (Å²) in [5, 5.41) is 1.91. The quantitative estimate of drug-likeness (QED) is 0.588. The number of H-pyrrole nitrogens is 2. The van der Waals surface area contributed by atoms with Gasteiger partial charge in [0, 0.05) is 0 Å². The molecule has 0 saturated carbocycles. The largest absolute Gasteiger partial charge is 0.323 e. The molecule has 12 heavy (non-hydrogen) atoms. The van der Waals surface area contributed by atoms with Gasteiger partial charge in [-0.1, -0.05) is 19.1 Å². The van der Waals surface area contributed by atoms with E-state index in [9.17, 15) is 4.79 Å². The summed E-state index contributed by atoms with van der Waals surface area (Å²) in [7, 11) is 0. The highest BCUT2D eigenvalue weighted by molar-refractivity contribution is 5.35. The molecule has 0 fully saturated rings. The maximum Gasteiger partial charge on any atom is 0.323 e. The molecule has 1 aliphatic rings. The van der Waals surface area contributed by atoms with Crippen LogP contribution < -0.4 is 16.4 Å². The van der Waals surface area contributed by atoms with Crippen LogP contribution in [0, 0.1) is 5.92 Å². The van der Waals surface area contributed by atoms with Crippen LogP contribution in [0.1, 0.15) is 19.8 Å². The van der Waals surface area contributed by atoms with Crippen molar-refractivity contribution in [3.8, 4) is 0 Å². The van der Waals surface area contributed by atoms with Crippen molar-refractivity contribution in [1.82, 2.24) is 9.97 Å². The van der Waals surface area contributed by atoms with Gasteiger partial charge in [0.1, 0.15) is 0 Å². The standard InChI is InChI=1S/C9H12N2O/c1-2-6-3-4-7-8(5-6)11-9(12)10-7/h4-6H,2-3H2,1H3,(H2,10,11,12). The van der Waals surface area contributed by atoms with E-state index in [1.165, 1.54) is 0 Å². The summed E-state index contributed by atoms with van der Waals surface area (Å²) in [5.41, 5.74) is -0.107. The molecule has 0 aromatic carbocycles. The highest BCUT2D eigenvalue weighted by Crippen LogP contribution is 2.10. The molecule has 2 rings (SSSR count). The van der Waals surface area contributed by atoms with Crippen molar-refractivity contribution >= 4 is 12.2 Å². The van der Waals surface area contributed by atoms with E-state index in [0.717, 1.165) is 23.5 Å². The van der Waals surface area contributed by atoms with Crippen molar-refractivity contribution in [2.75, 3.05) is 0 Å². The summed E-state index contributed by atoms with van der Waals surface area (Å²) in [5.74, 6) is 0.587. The van der Waals surface area contributed by atoms with Gasteiger partial charge in [-0.3, -0.25) is 0 Å². The summed E-state index contributed by atoms with van der Waals surface area (Å²) < 4.78 is 0. The second-order valence-electron chi connectivity index (χ2n) is 3.18. The first-order chi connectivity index (χ1) is 5.79. The molecule has 0 radical (unpaired) electrons. The zero-order valence-corrected chi connectivity index (χ0v) is 7.05. The predicted octanol–water partition coefficient (Wildman–Crippen LogP) is -0.306. The van der Waals surface area contributed by atoms with E-state index in [-0.39, 0.29) is 5.69 Å². The van der Waals surface area contributed by atoms with Gasteiger partial charge in [0.15, 0.2) is 0 Å². The van der Waals surface area contributed by atoms with Crippen LogP contribution in [0.3, 0.4) is 0 Å². The lowest BCUT2D eigenvalue weighted by Crippen LogP contribution is -2.28. The molecule has 0 saturated heterocycles. The Kier molecular flexibility index (Phi) is 1.64. The Hall–Kier alpha value is -1.25. The molecule has 3 nitrogen and oxygen atoms in total. The van der Waals surface area contributed by atoms with Gasteiger partial charge < -0.3 is 9.97 Å². The highest BCUT2D eigenvalue weighted by Gasteiger charge is 2.05. The molecule has 1 aromatic rings. The van der Waals surface area contributed by atoms with E-state index >= 15 is 0 Å². The van der Waals surface area contributed by atoms with E-state index < -0.39 is 0 Å². The summed E-state index contributed by atoms with van der Waals surface area (Å²) in [6.07, 6.45) is 6.38. The molecule has 0 bridgehead atoms. The average molecular weight is 164 g/mol. The lowest BCUT2D eigenvalue weighted by atomic mass is 9.99. The first-order valence-electron chi connectivity index (χ1n) is 4.30. The fourth-order valence-electron chi connectivity index (χ4n) is 1.56. The molecule has 0 aliphatic heterocycles. The SMILES string of the molecule is CCC1C=c2[nH]c(=O)[nH]c2=CC1. The number of rotatable bonds is 1. The van der Waals surface area contributed by atoms with Gasteiger partial charge in [-0.25, -0.2) is 4.79 Å². The summed E-state index contributed by atoms with van der Waals surface area (Å²) in [6.45, 7) is 2.16. The number of imidazole rings is 1. The van der Waals surface area contributed by atoms with Crippen molar-refractivity contribution in [3.63, 3.8) is 0 Å².